The standard InChI is InChI=1S/C12H12ClNO2/c1-2-9-11(10(16)6-15)7-4-3-5-8(13)12(7)14-9/h3-6,10,14,16H,2H2,1H3. The molecule has 16 heavy (non-hydrogen) atoms. The lowest BCUT2D eigenvalue weighted by molar-refractivity contribution is -0.115. The number of aromatic amines is 1. The van der Waals surface area contributed by atoms with Gasteiger partial charge in [-0.3, -0.25) is 0 Å². The van der Waals surface area contributed by atoms with E-state index in [0.29, 0.717) is 23.3 Å². The summed E-state index contributed by atoms with van der Waals surface area (Å²) in [6.45, 7) is 1.96. The number of H-pyrrole nitrogens is 1. The molecule has 1 heterocycles. The minimum atomic E-state index is -1.10. The van der Waals surface area contributed by atoms with E-state index in [4.69, 9.17) is 11.6 Å². The van der Waals surface area contributed by atoms with E-state index in [1.807, 2.05) is 13.0 Å². The highest BCUT2D eigenvalue weighted by Crippen LogP contribution is 2.31. The van der Waals surface area contributed by atoms with Gasteiger partial charge in [-0.25, -0.2) is 0 Å². The number of halogens is 1. The van der Waals surface area contributed by atoms with Gasteiger partial charge in [0, 0.05) is 16.6 Å². The van der Waals surface area contributed by atoms with Gasteiger partial charge >= 0.3 is 0 Å². The molecule has 2 aromatic rings. The van der Waals surface area contributed by atoms with Crippen molar-refractivity contribution in [3.8, 4) is 0 Å². The predicted octanol–water partition coefficient (Wildman–Crippen LogP) is 2.62. The van der Waals surface area contributed by atoms with E-state index in [-0.39, 0.29) is 0 Å². The van der Waals surface area contributed by atoms with E-state index in [1.165, 1.54) is 0 Å². The highest BCUT2D eigenvalue weighted by Gasteiger charge is 2.18. The minimum Gasteiger partial charge on any atom is -0.381 e. The molecule has 0 spiro atoms. The van der Waals surface area contributed by atoms with Crippen LogP contribution in [0.25, 0.3) is 10.9 Å². The summed E-state index contributed by atoms with van der Waals surface area (Å²) in [5.41, 5.74) is 2.26. The average molecular weight is 238 g/mol. The number of fused-ring (bicyclic) bond motifs is 1. The summed E-state index contributed by atoms with van der Waals surface area (Å²) in [5, 5.41) is 11.1. The molecule has 84 valence electrons. The number of aldehydes is 1. The van der Waals surface area contributed by atoms with Crippen LogP contribution in [-0.2, 0) is 11.2 Å². The van der Waals surface area contributed by atoms with Crippen LogP contribution in [0.15, 0.2) is 18.2 Å². The third-order valence-corrected chi connectivity index (χ3v) is 3.00. The topological polar surface area (TPSA) is 53.1 Å². The Morgan fingerprint density at radius 1 is 1.56 bits per heavy atom. The summed E-state index contributed by atoms with van der Waals surface area (Å²) < 4.78 is 0. The fourth-order valence-electron chi connectivity index (χ4n) is 1.94. The Kier molecular flexibility index (Phi) is 2.99. The fourth-order valence-corrected chi connectivity index (χ4v) is 2.16. The molecule has 1 unspecified atom stereocenters. The number of aliphatic hydroxyl groups is 1. The van der Waals surface area contributed by atoms with Crippen molar-refractivity contribution in [1.29, 1.82) is 0 Å². The molecular weight excluding hydrogens is 226 g/mol. The third kappa shape index (κ3) is 1.62. The second-order valence-electron chi connectivity index (χ2n) is 3.61. The molecule has 2 rings (SSSR count). The van der Waals surface area contributed by atoms with Crippen LogP contribution >= 0.6 is 11.6 Å². The quantitative estimate of drug-likeness (QED) is 0.807. The predicted molar refractivity (Wildman–Crippen MR) is 63.7 cm³/mol. The number of para-hydroxylation sites is 1. The lowest BCUT2D eigenvalue weighted by Crippen LogP contribution is -2.00. The average Bonchev–Trinajstić information content (AvgIpc) is 2.68. The van der Waals surface area contributed by atoms with Gasteiger partial charge in [0.1, 0.15) is 6.10 Å². The summed E-state index contributed by atoms with van der Waals surface area (Å²) in [6.07, 6.45) is 0.149. The second kappa shape index (κ2) is 4.28. The number of aromatic nitrogens is 1. The normalized spacial score (nSPS) is 12.9. The lowest BCUT2D eigenvalue weighted by atomic mass is 10.0. The SMILES string of the molecule is CCc1[nH]c2c(Cl)cccc2c1C(O)C=O. The summed E-state index contributed by atoms with van der Waals surface area (Å²) >= 11 is 6.05. The van der Waals surface area contributed by atoms with Crippen LogP contribution in [0.3, 0.4) is 0 Å². The Bertz CT molecular complexity index is 533. The number of carbonyl (C=O) groups excluding carboxylic acids is 1. The van der Waals surface area contributed by atoms with Gasteiger partial charge in [0.25, 0.3) is 0 Å². The molecule has 0 radical (unpaired) electrons. The summed E-state index contributed by atoms with van der Waals surface area (Å²) in [4.78, 5) is 13.8. The molecule has 0 bridgehead atoms. The lowest BCUT2D eigenvalue weighted by Gasteiger charge is -2.04. The Balaban J connectivity index is 2.78. The zero-order chi connectivity index (χ0) is 11.7. The van der Waals surface area contributed by atoms with Gasteiger partial charge < -0.3 is 14.9 Å². The van der Waals surface area contributed by atoms with Crippen molar-refractivity contribution >= 4 is 28.8 Å². The molecule has 0 saturated carbocycles. The molecule has 1 atom stereocenters. The van der Waals surface area contributed by atoms with Crippen LogP contribution in [0.4, 0.5) is 0 Å². The van der Waals surface area contributed by atoms with Gasteiger partial charge in [-0.2, -0.15) is 0 Å². The molecule has 0 aliphatic rings. The number of hydrogen-bond acceptors (Lipinski definition) is 2. The highest BCUT2D eigenvalue weighted by atomic mass is 35.5. The number of nitrogens with one attached hydrogen (secondary N) is 1. The third-order valence-electron chi connectivity index (χ3n) is 2.68. The number of carbonyl (C=O) groups is 1. The number of aryl methyl sites for hydroxylation is 1. The molecule has 0 aliphatic carbocycles. The van der Waals surface area contributed by atoms with Crippen LogP contribution in [0.1, 0.15) is 24.3 Å². The molecule has 0 aliphatic heterocycles. The summed E-state index contributed by atoms with van der Waals surface area (Å²) in [6, 6.07) is 5.43. The van der Waals surface area contributed by atoms with E-state index in [1.54, 1.807) is 12.1 Å². The van der Waals surface area contributed by atoms with Gasteiger partial charge in [-0.1, -0.05) is 30.7 Å². The molecule has 0 fully saturated rings. The Morgan fingerprint density at radius 3 is 2.94 bits per heavy atom. The number of hydrogen-bond donors (Lipinski definition) is 2. The monoisotopic (exact) mass is 237 g/mol. The van der Waals surface area contributed by atoms with Crippen molar-refractivity contribution in [3.63, 3.8) is 0 Å². The molecule has 3 nitrogen and oxygen atoms in total. The van der Waals surface area contributed by atoms with Crippen molar-refractivity contribution in [2.75, 3.05) is 0 Å². The van der Waals surface area contributed by atoms with Crippen LogP contribution < -0.4 is 0 Å². The van der Waals surface area contributed by atoms with Gasteiger partial charge in [0.15, 0.2) is 6.29 Å². The first-order chi connectivity index (χ1) is 7.69. The molecular formula is C12H12ClNO2. The van der Waals surface area contributed by atoms with Crippen molar-refractivity contribution in [1.82, 2.24) is 4.98 Å². The van der Waals surface area contributed by atoms with E-state index >= 15 is 0 Å². The first-order valence-electron chi connectivity index (χ1n) is 5.11. The number of benzene rings is 1. The van der Waals surface area contributed by atoms with Crippen LogP contribution in [-0.4, -0.2) is 16.4 Å². The smallest absolute Gasteiger partial charge is 0.153 e. The first-order valence-corrected chi connectivity index (χ1v) is 5.49. The van der Waals surface area contributed by atoms with Gasteiger partial charge in [-0.05, 0) is 12.5 Å². The van der Waals surface area contributed by atoms with Gasteiger partial charge in [-0.15, -0.1) is 0 Å². The Morgan fingerprint density at radius 2 is 2.31 bits per heavy atom. The van der Waals surface area contributed by atoms with Gasteiger partial charge in [0.2, 0.25) is 0 Å². The van der Waals surface area contributed by atoms with Crippen LogP contribution in [0, 0.1) is 0 Å². The highest BCUT2D eigenvalue weighted by molar-refractivity contribution is 6.35. The van der Waals surface area contributed by atoms with E-state index in [0.717, 1.165) is 16.6 Å². The summed E-state index contributed by atoms with van der Waals surface area (Å²) in [5.74, 6) is 0. The summed E-state index contributed by atoms with van der Waals surface area (Å²) in [7, 11) is 0. The van der Waals surface area contributed by atoms with E-state index < -0.39 is 6.10 Å². The maximum Gasteiger partial charge on any atom is 0.153 e. The molecule has 1 aromatic carbocycles. The fraction of sp³-hybridized carbons (Fsp3) is 0.250. The number of rotatable bonds is 3. The van der Waals surface area contributed by atoms with Crippen LogP contribution in [0.2, 0.25) is 5.02 Å². The Hall–Kier alpha value is -1.32. The maximum atomic E-state index is 10.7. The molecule has 1 aromatic heterocycles. The second-order valence-corrected chi connectivity index (χ2v) is 4.02. The van der Waals surface area contributed by atoms with Crippen molar-refractivity contribution < 1.29 is 9.90 Å². The van der Waals surface area contributed by atoms with E-state index in [2.05, 4.69) is 4.98 Å². The number of aliphatic hydroxyl groups excluding tert-OH is 1. The zero-order valence-electron chi connectivity index (χ0n) is 8.83. The first kappa shape index (κ1) is 11.2. The van der Waals surface area contributed by atoms with Crippen LogP contribution in [0.5, 0.6) is 0 Å². The minimum absolute atomic E-state index is 0.530. The molecule has 0 amide bonds. The van der Waals surface area contributed by atoms with Crippen molar-refractivity contribution in [2.45, 2.75) is 19.4 Å². The van der Waals surface area contributed by atoms with Crippen molar-refractivity contribution in [3.05, 3.63) is 34.5 Å². The molecule has 4 heteroatoms. The largest absolute Gasteiger partial charge is 0.381 e. The Labute approximate surface area is 98.0 Å². The molecule has 2 N–H and O–H groups in total. The zero-order valence-corrected chi connectivity index (χ0v) is 9.58. The molecule has 0 saturated heterocycles. The van der Waals surface area contributed by atoms with Gasteiger partial charge in [0.05, 0.1) is 10.5 Å². The maximum absolute atomic E-state index is 10.7. The van der Waals surface area contributed by atoms with E-state index in [9.17, 15) is 9.90 Å². The van der Waals surface area contributed by atoms with Crippen molar-refractivity contribution in [2.24, 2.45) is 0 Å².